The number of halogens is 1. The van der Waals surface area contributed by atoms with Gasteiger partial charge in [0.1, 0.15) is 5.82 Å². The lowest BCUT2D eigenvalue weighted by Gasteiger charge is -2.33. The number of anilines is 1. The molecule has 1 aliphatic heterocycles. The van der Waals surface area contributed by atoms with Gasteiger partial charge in [0.25, 0.3) is 5.91 Å². The van der Waals surface area contributed by atoms with E-state index in [1.807, 2.05) is 6.07 Å². The predicted molar refractivity (Wildman–Crippen MR) is 91.3 cm³/mol. The average molecular weight is 355 g/mol. The Bertz CT molecular complexity index is 901. The molecule has 26 heavy (non-hydrogen) atoms. The first kappa shape index (κ1) is 16.7. The van der Waals surface area contributed by atoms with E-state index in [4.69, 9.17) is 5.21 Å². The van der Waals surface area contributed by atoms with E-state index in [0.717, 1.165) is 17.3 Å². The molecule has 2 aliphatic rings. The molecule has 0 saturated carbocycles. The van der Waals surface area contributed by atoms with Crippen LogP contribution in [0.25, 0.3) is 0 Å². The van der Waals surface area contributed by atoms with E-state index in [1.165, 1.54) is 12.3 Å². The molecular formula is C19H18FN3O3. The normalized spacial score (nSPS) is 21.8. The molecule has 7 heteroatoms. The van der Waals surface area contributed by atoms with Crippen molar-refractivity contribution in [2.24, 2.45) is 5.41 Å². The van der Waals surface area contributed by atoms with E-state index >= 15 is 0 Å². The summed E-state index contributed by atoms with van der Waals surface area (Å²) >= 11 is 0. The molecule has 2 amide bonds. The van der Waals surface area contributed by atoms with E-state index in [2.05, 4.69) is 4.98 Å². The molecule has 0 bridgehead atoms. The van der Waals surface area contributed by atoms with Crippen LogP contribution in [0.1, 0.15) is 34.3 Å². The summed E-state index contributed by atoms with van der Waals surface area (Å²) in [4.78, 5) is 30.1. The number of hydrogen-bond donors (Lipinski definition) is 2. The Morgan fingerprint density at radius 2 is 2.08 bits per heavy atom. The van der Waals surface area contributed by atoms with Crippen LogP contribution in [-0.2, 0) is 17.6 Å². The number of rotatable bonds is 2. The molecule has 0 radical (unpaired) electrons. The second kappa shape index (κ2) is 6.17. The molecule has 2 aromatic rings. The number of amides is 2. The molecule has 4 rings (SSSR count). The van der Waals surface area contributed by atoms with Crippen molar-refractivity contribution >= 4 is 17.5 Å². The largest absolute Gasteiger partial charge is 0.310 e. The Balaban J connectivity index is 1.60. The van der Waals surface area contributed by atoms with E-state index in [0.29, 0.717) is 43.5 Å². The van der Waals surface area contributed by atoms with Crippen LogP contribution in [0.3, 0.4) is 0 Å². The molecule has 1 aromatic heterocycles. The van der Waals surface area contributed by atoms with E-state index in [-0.39, 0.29) is 5.91 Å². The van der Waals surface area contributed by atoms with Crippen molar-refractivity contribution in [3.8, 4) is 0 Å². The Hall–Kier alpha value is -2.80. The average Bonchev–Trinajstić information content (AvgIpc) is 2.96. The summed E-state index contributed by atoms with van der Waals surface area (Å²) in [5, 5.41) is 8.77. The maximum absolute atomic E-state index is 13.5. The number of fused-ring (bicyclic) bond motifs is 1. The highest BCUT2D eigenvalue weighted by Crippen LogP contribution is 2.45. The molecular weight excluding hydrogens is 337 g/mol. The van der Waals surface area contributed by atoms with Gasteiger partial charge in [0.2, 0.25) is 5.91 Å². The Morgan fingerprint density at radius 1 is 1.23 bits per heavy atom. The summed E-state index contributed by atoms with van der Waals surface area (Å²) in [5.41, 5.74) is 4.10. The molecule has 134 valence electrons. The van der Waals surface area contributed by atoms with E-state index in [1.54, 1.807) is 22.5 Å². The van der Waals surface area contributed by atoms with E-state index in [9.17, 15) is 14.0 Å². The Morgan fingerprint density at radius 3 is 2.85 bits per heavy atom. The lowest BCUT2D eigenvalue weighted by Crippen LogP contribution is -2.39. The minimum atomic E-state index is -0.546. The minimum absolute atomic E-state index is 0.00716. The first-order valence-electron chi connectivity index (χ1n) is 8.51. The quantitative estimate of drug-likeness (QED) is 0.639. The van der Waals surface area contributed by atoms with Gasteiger partial charge in [0, 0.05) is 18.2 Å². The number of nitrogens with one attached hydrogen (secondary N) is 1. The molecule has 1 spiro atoms. The molecule has 1 atom stereocenters. The topological polar surface area (TPSA) is 82.5 Å². The Kier molecular flexibility index (Phi) is 3.96. The summed E-state index contributed by atoms with van der Waals surface area (Å²) in [6.45, 7) is 0.546. The van der Waals surface area contributed by atoms with Crippen molar-refractivity contribution < 1.29 is 19.2 Å². The minimum Gasteiger partial charge on any atom is -0.310 e. The van der Waals surface area contributed by atoms with Gasteiger partial charge < -0.3 is 4.90 Å². The third kappa shape index (κ3) is 2.64. The van der Waals surface area contributed by atoms with Gasteiger partial charge in [0.05, 0.1) is 23.5 Å². The number of nitrogens with zero attached hydrogens (tertiary/aromatic N) is 2. The molecule has 1 fully saturated rings. The highest BCUT2D eigenvalue weighted by molar-refractivity contribution is 6.00. The number of aryl methyl sites for hydroxylation is 1. The van der Waals surface area contributed by atoms with Crippen molar-refractivity contribution in [2.75, 3.05) is 11.4 Å². The fourth-order valence-corrected chi connectivity index (χ4v) is 4.07. The first-order valence-corrected chi connectivity index (χ1v) is 8.51. The lowest BCUT2D eigenvalue weighted by atomic mass is 9.70. The van der Waals surface area contributed by atoms with Crippen LogP contribution in [0.4, 0.5) is 10.1 Å². The standard InChI is InChI=1S/C19H18FN3O3/c20-15-8-16(11-21-10-15)23-6-5-19(18(23)25)4-3-12-7-13(17(24)22-26)1-2-14(12)9-19/h1-2,7-8,10-11,26H,3-6,9H2,(H,22,24)/t19-/m1/s1. The zero-order valence-electron chi connectivity index (χ0n) is 14.0. The monoisotopic (exact) mass is 355 g/mol. The van der Waals surface area contributed by atoms with Crippen LogP contribution >= 0.6 is 0 Å². The first-order chi connectivity index (χ1) is 12.5. The number of hydrogen-bond acceptors (Lipinski definition) is 4. The maximum Gasteiger partial charge on any atom is 0.274 e. The van der Waals surface area contributed by atoms with Crippen molar-refractivity contribution in [3.05, 3.63) is 59.2 Å². The number of benzene rings is 1. The molecule has 1 saturated heterocycles. The lowest BCUT2D eigenvalue weighted by molar-refractivity contribution is -0.126. The third-order valence-electron chi connectivity index (χ3n) is 5.49. The number of hydroxylamine groups is 1. The molecule has 2 heterocycles. The zero-order valence-corrected chi connectivity index (χ0v) is 14.0. The van der Waals surface area contributed by atoms with E-state index < -0.39 is 17.1 Å². The second-order valence-corrected chi connectivity index (χ2v) is 6.95. The van der Waals surface area contributed by atoms with Crippen LogP contribution in [0.5, 0.6) is 0 Å². The SMILES string of the molecule is O=C(NO)c1ccc2c(c1)CC[C@@]1(CCN(c3cncc(F)c3)C1=O)C2. The fraction of sp³-hybridized carbons (Fsp3) is 0.316. The zero-order chi connectivity index (χ0) is 18.3. The highest BCUT2D eigenvalue weighted by Gasteiger charge is 2.48. The third-order valence-corrected chi connectivity index (χ3v) is 5.49. The number of carbonyl (C=O) groups is 2. The van der Waals surface area contributed by atoms with Gasteiger partial charge in [-0.2, -0.15) is 0 Å². The maximum atomic E-state index is 13.5. The van der Waals surface area contributed by atoms with Gasteiger partial charge in [-0.15, -0.1) is 0 Å². The number of carbonyl (C=O) groups excluding carboxylic acids is 2. The fourth-order valence-electron chi connectivity index (χ4n) is 4.07. The summed E-state index contributed by atoms with van der Waals surface area (Å²) in [5.74, 6) is -0.998. The van der Waals surface area contributed by atoms with Crippen molar-refractivity contribution in [1.29, 1.82) is 0 Å². The van der Waals surface area contributed by atoms with Crippen LogP contribution in [-0.4, -0.2) is 28.6 Å². The van der Waals surface area contributed by atoms with Gasteiger partial charge >= 0.3 is 0 Å². The molecule has 0 unspecified atom stereocenters. The summed E-state index contributed by atoms with van der Waals surface area (Å²) < 4.78 is 13.5. The van der Waals surface area contributed by atoms with Crippen LogP contribution in [0, 0.1) is 11.2 Å². The summed E-state index contributed by atoms with van der Waals surface area (Å²) in [6, 6.07) is 6.60. The molecule has 2 N–H and O–H groups in total. The summed E-state index contributed by atoms with van der Waals surface area (Å²) in [6.07, 6.45) is 5.31. The molecule has 6 nitrogen and oxygen atoms in total. The summed E-state index contributed by atoms with van der Waals surface area (Å²) in [7, 11) is 0. The van der Waals surface area contributed by atoms with Gasteiger partial charge in [-0.3, -0.25) is 19.8 Å². The second-order valence-electron chi connectivity index (χ2n) is 6.95. The Labute approximate surface area is 149 Å². The highest BCUT2D eigenvalue weighted by atomic mass is 19.1. The van der Waals surface area contributed by atoms with Crippen LogP contribution in [0.2, 0.25) is 0 Å². The number of pyridine rings is 1. The van der Waals surface area contributed by atoms with Gasteiger partial charge in [0.15, 0.2) is 0 Å². The van der Waals surface area contributed by atoms with Crippen LogP contribution in [0.15, 0.2) is 36.7 Å². The van der Waals surface area contributed by atoms with Crippen molar-refractivity contribution in [2.45, 2.75) is 25.7 Å². The van der Waals surface area contributed by atoms with Gasteiger partial charge in [-0.05, 0) is 48.9 Å². The van der Waals surface area contributed by atoms with Gasteiger partial charge in [-0.1, -0.05) is 6.07 Å². The predicted octanol–water partition coefficient (Wildman–Crippen LogP) is 2.25. The van der Waals surface area contributed by atoms with Crippen molar-refractivity contribution in [3.63, 3.8) is 0 Å². The van der Waals surface area contributed by atoms with Gasteiger partial charge in [-0.25, -0.2) is 9.87 Å². The number of aromatic nitrogens is 1. The smallest absolute Gasteiger partial charge is 0.274 e. The molecule has 1 aliphatic carbocycles. The molecule has 1 aromatic carbocycles. The van der Waals surface area contributed by atoms with Crippen LogP contribution < -0.4 is 10.4 Å². The van der Waals surface area contributed by atoms with Crippen molar-refractivity contribution in [1.82, 2.24) is 10.5 Å².